The van der Waals surface area contributed by atoms with Crippen molar-refractivity contribution in [3.05, 3.63) is 0 Å². The minimum Gasteiger partial charge on any atom is -0.481 e. The van der Waals surface area contributed by atoms with E-state index in [4.69, 9.17) is 5.11 Å². The van der Waals surface area contributed by atoms with Gasteiger partial charge in [-0.15, -0.1) is 0 Å². The first-order valence-corrected chi connectivity index (χ1v) is 7.75. The molecule has 6 nitrogen and oxygen atoms in total. The van der Waals surface area contributed by atoms with E-state index in [2.05, 4.69) is 4.90 Å². The molecule has 0 saturated carbocycles. The zero-order valence-electron chi connectivity index (χ0n) is 12.7. The second-order valence-corrected chi connectivity index (χ2v) is 6.24. The van der Waals surface area contributed by atoms with E-state index in [0.717, 1.165) is 25.8 Å². The number of carbonyl (C=O) groups excluding carboxylic acids is 2. The Bertz CT molecular complexity index is 435. The minimum atomic E-state index is -0.807. The SMILES string of the molecule is CC(C)N1C(=O)CC(N2CCCCC2CCC(=O)O)C1=O. The Kier molecular flexibility index (Phi) is 4.98. The summed E-state index contributed by atoms with van der Waals surface area (Å²) in [6.07, 6.45) is 3.87. The first kappa shape index (κ1) is 15.9. The van der Waals surface area contributed by atoms with Gasteiger partial charge in [0.2, 0.25) is 11.8 Å². The highest BCUT2D eigenvalue weighted by molar-refractivity contribution is 6.05. The highest BCUT2D eigenvalue weighted by atomic mass is 16.4. The van der Waals surface area contributed by atoms with Crippen LogP contribution in [0.15, 0.2) is 0 Å². The summed E-state index contributed by atoms with van der Waals surface area (Å²) in [5, 5.41) is 8.86. The molecule has 2 heterocycles. The van der Waals surface area contributed by atoms with Crippen LogP contribution in [0, 0.1) is 0 Å². The standard InChI is InChI=1S/C15H24N2O4/c1-10(2)17-13(18)9-12(15(17)21)16-8-4-3-5-11(16)6-7-14(19)20/h10-12H,3-9H2,1-2H3,(H,19,20). The molecule has 0 aromatic carbocycles. The molecule has 21 heavy (non-hydrogen) atoms. The smallest absolute Gasteiger partial charge is 0.303 e. The van der Waals surface area contributed by atoms with E-state index in [1.807, 2.05) is 13.8 Å². The van der Waals surface area contributed by atoms with Gasteiger partial charge in [0, 0.05) is 18.5 Å². The van der Waals surface area contributed by atoms with E-state index < -0.39 is 5.97 Å². The van der Waals surface area contributed by atoms with Crippen LogP contribution in [-0.4, -0.2) is 57.4 Å². The fourth-order valence-electron chi connectivity index (χ4n) is 3.47. The maximum Gasteiger partial charge on any atom is 0.303 e. The lowest BCUT2D eigenvalue weighted by molar-refractivity contribution is -0.142. The molecule has 2 unspecified atom stereocenters. The topological polar surface area (TPSA) is 77.9 Å². The molecule has 0 radical (unpaired) electrons. The minimum absolute atomic E-state index is 0.101. The molecule has 2 rings (SSSR count). The third-order valence-electron chi connectivity index (χ3n) is 4.44. The number of aliphatic carboxylic acids is 1. The Morgan fingerprint density at radius 1 is 1.33 bits per heavy atom. The van der Waals surface area contributed by atoms with Crippen LogP contribution in [0.25, 0.3) is 0 Å². The van der Waals surface area contributed by atoms with Gasteiger partial charge in [0.05, 0.1) is 12.5 Å². The number of imide groups is 1. The average Bonchev–Trinajstić information content (AvgIpc) is 2.71. The van der Waals surface area contributed by atoms with Crippen LogP contribution in [0.3, 0.4) is 0 Å². The summed E-state index contributed by atoms with van der Waals surface area (Å²) in [6.45, 7) is 4.46. The van der Waals surface area contributed by atoms with Gasteiger partial charge in [-0.2, -0.15) is 0 Å². The first-order valence-electron chi connectivity index (χ1n) is 7.75. The molecule has 2 fully saturated rings. The van der Waals surface area contributed by atoms with E-state index in [0.29, 0.717) is 6.42 Å². The van der Waals surface area contributed by atoms with Crippen molar-refractivity contribution in [1.82, 2.24) is 9.80 Å². The Balaban J connectivity index is 2.09. The lowest BCUT2D eigenvalue weighted by Gasteiger charge is -2.38. The molecule has 0 bridgehead atoms. The van der Waals surface area contributed by atoms with Gasteiger partial charge in [-0.1, -0.05) is 6.42 Å². The van der Waals surface area contributed by atoms with Crippen molar-refractivity contribution < 1.29 is 19.5 Å². The molecule has 0 spiro atoms. The van der Waals surface area contributed by atoms with Gasteiger partial charge >= 0.3 is 5.97 Å². The summed E-state index contributed by atoms with van der Waals surface area (Å²) in [5.74, 6) is -1.03. The van der Waals surface area contributed by atoms with Crippen LogP contribution < -0.4 is 0 Å². The van der Waals surface area contributed by atoms with Gasteiger partial charge in [-0.05, 0) is 39.7 Å². The van der Waals surface area contributed by atoms with Crippen LogP contribution in [0.2, 0.25) is 0 Å². The van der Waals surface area contributed by atoms with Crippen LogP contribution in [0.1, 0.15) is 52.4 Å². The van der Waals surface area contributed by atoms with Gasteiger partial charge in [0.25, 0.3) is 0 Å². The summed E-state index contributed by atoms with van der Waals surface area (Å²) in [7, 11) is 0. The molecule has 118 valence electrons. The van der Waals surface area contributed by atoms with Crippen molar-refractivity contribution in [2.75, 3.05) is 6.54 Å². The summed E-state index contributed by atoms with van der Waals surface area (Å²) < 4.78 is 0. The number of likely N-dealkylation sites (tertiary alicyclic amines) is 2. The van der Waals surface area contributed by atoms with Gasteiger partial charge in [-0.25, -0.2) is 0 Å². The van der Waals surface area contributed by atoms with Crippen LogP contribution >= 0.6 is 0 Å². The zero-order valence-corrected chi connectivity index (χ0v) is 12.7. The predicted molar refractivity (Wildman–Crippen MR) is 76.6 cm³/mol. The fraction of sp³-hybridized carbons (Fsp3) is 0.800. The number of nitrogens with zero attached hydrogens (tertiary/aromatic N) is 2. The number of hydrogen-bond acceptors (Lipinski definition) is 4. The van der Waals surface area contributed by atoms with Crippen molar-refractivity contribution in [2.24, 2.45) is 0 Å². The van der Waals surface area contributed by atoms with Crippen LogP contribution in [0.4, 0.5) is 0 Å². The van der Waals surface area contributed by atoms with Crippen LogP contribution in [-0.2, 0) is 14.4 Å². The summed E-state index contributed by atoms with van der Waals surface area (Å²) in [5.41, 5.74) is 0. The Hall–Kier alpha value is -1.43. The molecule has 1 N–H and O–H groups in total. The largest absolute Gasteiger partial charge is 0.481 e. The molecule has 2 saturated heterocycles. The van der Waals surface area contributed by atoms with Crippen molar-refractivity contribution in [3.63, 3.8) is 0 Å². The maximum atomic E-state index is 12.5. The molecule has 0 aromatic rings. The maximum absolute atomic E-state index is 12.5. The Morgan fingerprint density at radius 2 is 2.05 bits per heavy atom. The Morgan fingerprint density at radius 3 is 2.62 bits per heavy atom. The molecule has 2 atom stereocenters. The quantitative estimate of drug-likeness (QED) is 0.772. The lowest BCUT2D eigenvalue weighted by atomic mass is 9.95. The van der Waals surface area contributed by atoms with E-state index in [-0.39, 0.29) is 42.8 Å². The second-order valence-electron chi connectivity index (χ2n) is 6.24. The first-order chi connectivity index (χ1) is 9.91. The molecule has 0 aliphatic carbocycles. The van der Waals surface area contributed by atoms with Crippen molar-refractivity contribution in [3.8, 4) is 0 Å². The summed E-state index contributed by atoms with van der Waals surface area (Å²) in [4.78, 5) is 38.7. The van der Waals surface area contributed by atoms with E-state index in [1.165, 1.54) is 4.90 Å². The highest BCUT2D eigenvalue weighted by Crippen LogP contribution is 2.29. The molecule has 6 heteroatoms. The van der Waals surface area contributed by atoms with Gasteiger partial charge in [-0.3, -0.25) is 24.2 Å². The normalized spacial score (nSPS) is 27.7. The highest BCUT2D eigenvalue weighted by Gasteiger charge is 2.45. The molecular formula is C15H24N2O4. The number of rotatable bonds is 5. The predicted octanol–water partition coefficient (Wildman–Crippen LogP) is 1.24. The number of amides is 2. The van der Waals surface area contributed by atoms with E-state index in [1.54, 1.807) is 0 Å². The number of carbonyl (C=O) groups is 3. The van der Waals surface area contributed by atoms with Crippen molar-refractivity contribution >= 4 is 17.8 Å². The lowest BCUT2D eigenvalue weighted by Crippen LogP contribution is -2.50. The zero-order chi connectivity index (χ0) is 15.6. The molecular weight excluding hydrogens is 272 g/mol. The molecule has 2 aliphatic heterocycles. The monoisotopic (exact) mass is 296 g/mol. The van der Waals surface area contributed by atoms with E-state index in [9.17, 15) is 14.4 Å². The van der Waals surface area contributed by atoms with Gasteiger partial charge in [0.1, 0.15) is 0 Å². The summed E-state index contributed by atoms with van der Waals surface area (Å²) >= 11 is 0. The number of carboxylic acids is 1. The molecule has 2 aliphatic rings. The van der Waals surface area contributed by atoms with E-state index >= 15 is 0 Å². The molecule has 2 amide bonds. The number of carboxylic acid groups (broad SMARTS) is 1. The third-order valence-corrected chi connectivity index (χ3v) is 4.44. The number of piperidine rings is 1. The third kappa shape index (κ3) is 3.43. The average molecular weight is 296 g/mol. The van der Waals surface area contributed by atoms with Gasteiger partial charge in [0.15, 0.2) is 0 Å². The Labute approximate surface area is 125 Å². The van der Waals surface area contributed by atoms with Crippen molar-refractivity contribution in [2.45, 2.75) is 70.5 Å². The fourth-order valence-corrected chi connectivity index (χ4v) is 3.47. The van der Waals surface area contributed by atoms with Gasteiger partial charge < -0.3 is 5.11 Å². The van der Waals surface area contributed by atoms with Crippen molar-refractivity contribution in [1.29, 1.82) is 0 Å². The summed E-state index contributed by atoms with van der Waals surface area (Å²) in [6, 6.07) is -0.403. The number of hydrogen-bond donors (Lipinski definition) is 1. The van der Waals surface area contributed by atoms with Crippen LogP contribution in [0.5, 0.6) is 0 Å². The second kappa shape index (κ2) is 6.56. The molecule has 0 aromatic heterocycles.